The number of benzene rings is 2. The number of nitrogens with zero attached hydrogens (tertiary/aromatic N) is 2. The third-order valence-electron chi connectivity index (χ3n) is 5.26. The fraction of sp³-hybridized carbons (Fsp3) is 0.190. The number of urea groups is 1. The summed E-state index contributed by atoms with van der Waals surface area (Å²) in [6, 6.07) is 5.26. The van der Waals surface area contributed by atoms with Crippen molar-refractivity contribution in [2.24, 2.45) is 0 Å². The Morgan fingerprint density at radius 3 is 2.42 bits per heavy atom. The molecule has 4 rings (SSSR count). The van der Waals surface area contributed by atoms with E-state index in [1.165, 1.54) is 42.4 Å². The molecule has 172 valence electrons. The maximum absolute atomic E-state index is 13.5. The number of anilines is 2. The number of amides is 4. The number of likely N-dealkylation sites (N-methyl/N-ethyl adjacent to an activating group) is 1. The molecular formula is C21H15ClF4N4O3. The molecule has 2 aliphatic rings. The van der Waals surface area contributed by atoms with Crippen LogP contribution in [0.2, 0.25) is 5.02 Å². The van der Waals surface area contributed by atoms with Gasteiger partial charge >= 0.3 is 12.2 Å². The summed E-state index contributed by atoms with van der Waals surface area (Å²) in [5.41, 5.74) is -1.59. The Balaban J connectivity index is 1.56. The van der Waals surface area contributed by atoms with Crippen LogP contribution in [0.5, 0.6) is 0 Å². The fourth-order valence-corrected chi connectivity index (χ4v) is 3.87. The van der Waals surface area contributed by atoms with Crippen LogP contribution >= 0.6 is 11.6 Å². The lowest BCUT2D eigenvalue weighted by Crippen LogP contribution is -2.65. The van der Waals surface area contributed by atoms with Gasteiger partial charge in [0.05, 0.1) is 22.9 Å². The number of carbonyl (C=O) groups excluding carboxylic acids is 3. The lowest BCUT2D eigenvalue weighted by molar-refractivity contribution is -0.140. The summed E-state index contributed by atoms with van der Waals surface area (Å²) in [6.07, 6.45) is -3.62. The Morgan fingerprint density at radius 1 is 1.12 bits per heavy atom. The minimum atomic E-state index is -4.95. The average Bonchev–Trinajstić information content (AvgIpc) is 3.06. The predicted octanol–water partition coefficient (Wildman–Crippen LogP) is 3.76. The monoisotopic (exact) mass is 482 g/mol. The number of carbonyl (C=O) groups is 3. The van der Waals surface area contributed by atoms with E-state index in [4.69, 9.17) is 11.6 Å². The zero-order valence-corrected chi connectivity index (χ0v) is 17.5. The van der Waals surface area contributed by atoms with Crippen LogP contribution < -0.4 is 15.5 Å². The van der Waals surface area contributed by atoms with Crippen molar-refractivity contribution in [3.63, 3.8) is 0 Å². The smallest absolute Gasteiger partial charge is 0.366 e. The quantitative estimate of drug-likeness (QED) is 0.653. The summed E-state index contributed by atoms with van der Waals surface area (Å²) in [5.74, 6) is -2.93. The topological polar surface area (TPSA) is 81.8 Å². The number of rotatable bonds is 3. The Kier molecular flexibility index (Phi) is 5.52. The molecule has 2 atom stereocenters. The Morgan fingerprint density at radius 2 is 1.79 bits per heavy atom. The Hall–Kier alpha value is -3.60. The molecule has 0 saturated carbocycles. The van der Waals surface area contributed by atoms with E-state index in [0.29, 0.717) is 17.2 Å². The summed E-state index contributed by atoms with van der Waals surface area (Å²) in [4.78, 5) is 40.9. The van der Waals surface area contributed by atoms with Crippen molar-refractivity contribution in [3.05, 3.63) is 70.6 Å². The molecule has 2 unspecified atom stereocenters. The molecule has 0 bridgehead atoms. The highest BCUT2D eigenvalue weighted by Crippen LogP contribution is 2.34. The molecule has 2 aliphatic heterocycles. The fourth-order valence-electron chi connectivity index (χ4n) is 3.75. The van der Waals surface area contributed by atoms with Crippen LogP contribution in [0.4, 0.5) is 33.7 Å². The first-order valence-corrected chi connectivity index (χ1v) is 9.87. The number of imide groups is 1. The highest BCUT2D eigenvalue weighted by atomic mass is 35.5. The molecule has 33 heavy (non-hydrogen) atoms. The molecule has 12 heteroatoms. The van der Waals surface area contributed by atoms with E-state index in [1.807, 2.05) is 0 Å². The van der Waals surface area contributed by atoms with Gasteiger partial charge in [-0.1, -0.05) is 11.6 Å². The molecule has 7 nitrogen and oxygen atoms in total. The van der Waals surface area contributed by atoms with Gasteiger partial charge in [0.1, 0.15) is 11.9 Å². The zero-order chi connectivity index (χ0) is 24.1. The van der Waals surface area contributed by atoms with Gasteiger partial charge in [0, 0.05) is 24.0 Å². The first kappa shape index (κ1) is 22.6. The van der Waals surface area contributed by atoms with Crippen molar-refractivity contribution in [2.45, 2.75) is 18.3 Å². The maximum atomic E-state index is 13.5. The van der Waals surface area contributed by atoms with Crippen molar-refractivity contribution in [3.8, 4) is 0 Å². The van der Waals surface area contributed by atoms with E-state index < -0.39 is 47.5 Å². The van der Waals surface area contributed by atoms with Crippen LogP contribution in [-0.4, -0.2) is 41.9 Å². The van der Waals surface area contributed by atoms with Gasteiger partial charge in [-0.25, -0.2) is 14.1 Å². The van der Waals surface area contributed by atoms with E-state index in [1.54, 1.807) is 0 Å². The van der Waals surface area contributed by atoms with Gasteiger partial charge in [0.25, 0.3) is 11.8 Å². The summed E-state index contributed by atoms with van der Waals surface area (Å²) >= 11 is 5.85. The molecule has 0 radical (unpaired) electrons. The standard InChI is InChI=1S/C21H15ClF4N4O3/c1-29-9-13(18(31)27-11-4-7-15(23)14(8-11)21(24,25)26)16-17(29)19(32)30(20(33)28-16)12-5-2-10(22)3-6-12/h2-9,16-17H,1H3,(H,27,31)(H,28,33). The molecule has 0 aromatic heterocycles. The minimum Gasteiger partial charge on any atom is -0.366 e. The number of halogens is 5. The first-order valence-electron chi connectivity index (χ1n) is 9.49. The molecule has 2 heterocycles. The van der Waals surface area contributed by atoms with E-state index in [-0.39, 0.29) is 16.9 Å². The summed E-state index contributed by atoms with van der Waals surface area (Å²) in [7, 11) is 1.52. The summed E-state index contributed by atoms with van der Waals surface area (Å²) < 4.78 is 52.4. The van der Waals surface area contributed by atoms with E-state index >= 15 is 0 Å². The lowest BCUT2D eigenvalue weighted by atomic mass is 9.99. The van der Waals surface area contributed by atoms with Crippen LogP contribution in [0.25, 0.3) is 0 Å². The third kappa shape index (κ3) is 4.11. The molecule has 2 aromatic carbocycles. The lowest BCUT2D eigenvalue weighted by Gasteiger charge is -2.37. The molecule has 1 saturated heterocycles. The zero-order valence-electron chi connectivity index (χ0n) is 16.8. The largest absolute Gasteiger partial charge is 0.419 e. The molecule has 1 fully saturated rings. The molecule has 0 spiro atoms. The number of nitrogens with one attached hydrogen (secondary N) is 2. The Labute approximate surface area is 189 Å². The van der Waals surface area contributed by atoms with E-state index in [2.05, 4.69) is 10.6 Å². The van der Waals surface area contributed by atoms with Crippen LogP contribution in [0.15, 0.2) is 54.2 Å². The van der Waals surface area contributed by atoms with Gasteiger partial charge < -0.3 is 15.5 Å². The normalized spacial score (nSPS) is 20.4. The van der Waals surface area contributed by atoms with Gasteiger partial charge in [0.2, 0.25) is 0 Å². The van der Waals surface area contributed by atoms with Crippen LogP contribution in [0.3, 0.4) is 0 Å². The van der Waals surface area contributed by atoms with Crippen molar-refractivity contribution >= 4 is 40.8 Å². The van der Waals surface area contributed by atoms with Crippen molar-refractivity contribution in [2.75, 3.05) is 17.3 Å². The van der Waals surface area contributed by atoms with Crippen LogP contribution in [0, 0.1) is 5.82 Å². The predicted molar refractivity (Wildman–Crippen MR) is 111 cm³/mol. The number of fused-ring (bicyclic) bond motifs is 1. The summed E-state index contributed by atoms with van der Waals surface area (Å²) in [6.45, 7) is 0. The van der Waals surface area contributed by atoms with Crippen molar-refractivity contribution in [1.82, 2.24) is 10.2 Å². The highest BCUT2D eigenvalue weighted by Gasteiger charge is 2.49. The molecule has 2 aromatic rings. The molecule has 2 N–H and O–H groups in total. The van der Waals surface area contributed by atoms with Crippen LogP contribution in [0.1, 0.15) is 5.56 Å². The first-order chi connectivity index (χ1) is 15.5. The van der Waals surface area contributed by atoms with Crippen LogP contribution in [-0.2, 0) is 15.8 Å². The van der Waals surface area contributed by atoms with E-state index in [0.717, 1.165) is 11.0 Å². The van der Waals surface area contributed by atoms with Gasteiger partial charge in [0.15, 0.2) is 0 Å². The second-order valence-corrected chi connectivity index (χ2v) is 7.85. The van der Waals surface area contributed by atoms with Gasteiger partial charge in [-0.2, -0.15) is 13.2 Å². The van der Waals surface area contributed by atoms with Gasteiger partial charge in [-0.15, -0.1) is 0 Å². The van der Waals surface area contributed by atoms with Crippen molar-refractivity contribution < 1.29 is 31.9 Å². The molecular weight excluding hydrogens is 468 g/mol. The average molecular weight is 483 g/mol. The van der Waals surface area contributed by atoms with E-state index in [9.17, 15) is 31.9 Å². The second kappa shape index (κ2) is 8.07. The third-order valence-corrected chi connectivity index (χ3v) is 5.52. The van der Waals surface area contributed by atoms with Gasteiger partial charge in [-0.05, 0) is 42.5 Å². The van der Waals surface area contributed by atoms with Gasteiger partial charge in [-0.3, -0.25) is 9.59 Å². The number of alkyl halides is 3. The maximum Gasteiger partial charge on any atom is 0.419 e. The summed E-state index contributed by atoms with van der Waals surface area (Å²) in [5, 5.41) is 5.26. The SMILES string of the molecule is CN1C=C(C(=O)Nc2ccc(F)c(C(F)(F)F)c2)C2NC(=O)N(c3ccc(Cl)cc3)C(=O)C21. The number of hydrogen-bond acceptors (Lipinski definition) is 4. The molecule has 4 amide bonds. The minimum absolute atomic E-state index is 0.0437. The molecule has 0 aliphatic carbocycles. The Bertz CT molecular complexity index is 1180. The van der Waals surface area contributed by atoms with Crippen molar-refractivity contribution in [1.29, 1.82) is 0 Å². The highest BCUT2D eigenvalue weighted by molar-refractivity contribution is 6.30. The number of hydrogen-bond donors (Lipinski definition) is 2. The second-order valence-electron chi connectivity index (χ2n) is 7.42.